The molecule has 0 spiro atoms. The van der Waals surface area contributed by atoms with E-state index in [0.717, 1.165) is 15.2 Å². The summed E-state index contributed by atoms with van der Waals surface area (Å²) in [5.41, 5.74) is 1.87. The lowest BCUT2D eigenvalue weighted by Gasteiger charge is -2.06. The largest absolute Gasteiger partial charge is 0.454 e. The average molecular weight is 373 g/mol. The molecule has 4 rings (SSSR count). The molecule has 1 amide bonds. The Hall–Kier alpha value is -2.32. The summed E-state index contributed by atoms with van der Waals surface area (Å²) >= 11 is 3.07. The van der Waals surface area contributed by atoms with E-state index in [1.165, 1.54) is 22.2 Å². The number of aromatic nitrogens is 2. The Labute approximate surface area is 152 Å². The fourth-order valence-corrected chi connectivity index (χ4v) is 4.48. The Bertz CT molecular complexity index is 971. The number of nitrogens with zero attached hydrogens (tertiary/aromatic N) is 2. The highest BCUT2D eigenvalue weighted by atomic mass is 32.2. The SMILES string of the molecule is Cc1sc2ncnc(SCC(=O)Nc3ccc4c(c3)OCO4)c2c1C. The predicted molar refractivity (Wildman–Crippen MR) is 98.8 cm³/mol. The topological polar surface area (TPSA) is 73.3 Å². The molecular weight excluding hydrogens is 358 g/mol. The summed E-state index contributed by atoms with van der Waals surface area (Å²) < 4.78 is 10.6. The number of hydrogen-bond donors (Lipinski definition) is 1. The van der Waals surface area contributed by atoms with Gasteiger partial charge in [-0.2, -0.15) is 0 Å². The van der Waals surface area contributed by atoms with Crippen LogP contribution in [0.5, 0.6) is 11.5 Å². The van der Waals surface area contributed by atoms with Crippen LogP contribution in [0.15, 0.2) is 29.6 Å². The number of amides is 1. The van der Waals surface area contributed by atoms with E-state index < -0.39 is 0 Å². The molecule has 0 unspecified atom stereocenters. The first-order valence-electron chi connectivity index (χ1n) is 7.65. The van der Waals surface area contributed by atoms with Gasteiger partial charge in [0.05, 0.1) is 5.75 Å². The van der Waals surface area contributed by atoms with E-state index in [1.807, 2.05) is 0 Å². The van der Waals surface area contributed by atoms with Crippen LogP contribution in [0.3, 0.4) is 0 Å². The minimum absolute atomic E-state index is 0.0970. The lowest BCUT2D eigenvalue weighted by Crippen LogP contribution is -2.14. The lowest BCUT2D eigenvalue weighted by molar-refractivity contribution is -0.113. The first kappa shape index (κ1) is 16.2. The lowest BCUT2D eigenvalue weighted by atomic mass is 10.2. The van der Waals surface area contributed by atoms with Gasteiger partial charge >= 0.3 is 0 Å². The highest BCUT2D eigenvalue weighted by Crippen LogP contribution is 2.35. The van der Waals surface area contributed by atoms with Gasteiger partial charge in [-0.1, -0.05) is 11.8 Å². The molecule has 3 heterocycles. The molecule has 0 bridgehead atoms. The molecule has 1 aliphatic heterocycles. The van der Waals surface area contributed by atoms with Gasteiger partial charge in [-0.3, -0.25) is 4.79 Å². The van der Waals surface area contributed by atoms with Crippen LogP contribution in [0.4, 0.5) is 5.69 Å². The average Bonchev–Trinajstić information content (AvgIpc) is 3.17. The monoisotopic (exact) mass is 373 g/mol. The number of hydrogen-bond acceptors (Lipinski definition) is 7. The van der Waals surface area contributed by atoms with Crippen molar-refractivity contribution in [2.75, 3.05) is 17.9 Å². The molecule has 1 aliphatic rings. The third-order valence-electron chi connectivity index (χ3n) is 3.93. The summed E-state index contributed by atoms with van der Waals surface area (Å²) in [4.78, 5) is 23.1. The zero-order valence-electron chi connectivity index (χ0n) is 13.7. The third-order valence-corrected chi connectivity index (χ3v) is 6.03. The number of fused-ring (bicyclic) bond motifs is 2. The van der Waals surface area contributed by atoms with Crippen LogP contribution in [0.1, 0.15) is 10.4 Å². The normalized spacial score (nSPS) is 12.6. The molecule has 2 aromatic heterocycles. The second kappa shape index (κ2) is 6.53. The van der Waals surface area contributed by atoms with Gasteiger partial charge in [-0.05, 0) is 31.5 Å². The molecule has 1 N–H and O–H groups in total. The number of benzene rings is 1. The number of aryl methyl sites for hydroxylation is 2. The Kier molecular flexibility index (Phi) is 4.22. The summed E-state index contributed by atoms with van der Waals surface area (Å²) in [7, 11) is 0. The van der Waals surface area contributed by atoms with Crippen LogP contribution in [0.25, 0.3) is 10.2 Å². The van der Waals surface area contributed by atoms with E-state index >= 15 is 0 Å². The van der Waals surface area contributed by atoms with Crippen molar-refractivity contribution < 1.29 is 14.3 Å². The van der Waals surface area contributed by atoms with Gasteiger partial charge in [0.1, 0.15) is 16.2 Å². The van der Waals surface area contributed by atoms with E-state index in [-0.39, 0.29) is 18.5 Å². The fourth-order valence-electron chi connectivity index (χ4n) is 2.56. The first-order chi connectivity index (χ1) is 12.1. The van der Waals surface area contributed by atoms with Crippen molar-refractivity contribution in [3.63, 3.8) is 0 Å². The molecule has 128 valence electrons. The van der Waals surface area contributed by atoms with Crippen molar-refractivity contribution in [1.29, 1.82) is 0 Å². The van der Waals surface area contributed by atoms with Crippen LogP contribution in [-0.4, -0.2) is 28.4 Å². The number of thiophene rings is 1. The maximum absolute atomic E-state index is 12.3. The number of nitrogens with one attached hydrogen (secondary N) is 1. The minimum Gasteiger partial charge on any atom is -0.454 e. The highest BCUT2D eigenvalue weighted by molar-refractivity contribution is 8.00. The molecule has 6 nitrogen and oxygen atoms in total. The van der Waals surface area contributed by atoms with Crippen LogP contribution in [0.2, 0.25) is 0 Å². The van der Waals surface area contributed by atoms with Crippen molar-refractivity contribution in [1.82, 2.24) is 9.97 Å². The second-order valence-corrected chi connectivity index (χ2v) is 7.71. The third kappa shape index (κ3) is 3.14. The molecule has 0 saturated carbocycles. The molecule has 0 saturated heterocycles. The number of rotatable bonds is 4. The predicted octanol–water partition coefficient (Wildman–Crippen LogP) is 3.77. The van der Waals surface area contributed by atoms with E-state index in [9.17, 15) is 4.79 Å². The van der Waals surface area contributed by atoms with Gasteiger partial charge in [0.15, 0.2) is 11.5 Å². The zero-order chi connectivity index (χ0) is 17.4. The Morgan fingerprint density at radius 3 is 3.00 bits per heavy atom. The quantitative estimate of drug-likeness (QED) is 0.554. The van der Waals surface area contributed by atoms with Crippen molar-refractivity contribution in [3.05, 3.63) is 35.0 Å². The molecule has 0 aliphatic carbocycles. The second-order valence-electron chi connectivity index (χ2n) is 5.55. The smallest absolute Gasteiger partial charge is 0.234 e. The van der Waals surface area contributed by atoms with Gasteiger partial charge in [0, 0.05) is 22.0 Å². The molecule has 0 atom stereocenters. The summed E-state index contributed by atoms with van der Waals surface area (Å²) in [6, 6.07) is 5.35. The summed E-state index contributed by atoms with van der Waals surface area (Å²) in [6.45, 7) is 4.35. The van der Waals surface area contributed by atoms with Gasteiger partial charge in [-0.15, -0.1) is 11.3 Å². The number of thioether (sulfide) groups is 1. The minimum atomic E-state index is -0.0970. The Morgan fingerprint density at radius 1 is 1.28 bits per heavy atom. The van der Waals surface area contributed by atoms with Crippen LogP contribution >= 0.6 is 23.1 Å². The van der Waals surface area contributed by atoms with Gasteiger partial charge in [0.25, 0.3) is 0 Å². The molecule has 3 aromatic rings. The first-order valence-corrected chi connectivity index (χ1v) is 9.45. The Morgan fingerprint density at radius 2 is 2.12 bits per heavy atom. The maximum Gasteiger partial charge on any atom is 0.234 e. The number of carbonyl (C=O) groups is 1. The van der Waals surface area contributed by atoms with E-state index in [0.29, 0.717) is 17.2 Å². The molecule has 25 heavy (non-hydrogen) atoms. The van der Waals surface area contributed by atoms with Gasteiger partial charge < -0.3 is 14.8 Å². The molecule has 1 aromatic carbocycles. The molecule has 0 radical (unpaired) electrons. The molecule has 0 fully saturated rings. The van der Waals surface area contributed by atoms with E-state index in [4.69, 9.17) is 9.47 Å². The molecular formula is C17H15N3O3S2. The van der Waals surface area contributed by atoms with Crippen LogP contribution in [-0.2, 0) is 4.79 Å². The van der Waals surface area contributed by atoms with Crippen molar-refractivity contribution in [2.24, 2.45) is 0 Å². The number of carbonyl (C=O) groups excluding carboxylic acids is 1. The molecule has 8 heteroatoms. The van der Waals surface area contributed by atoms with E-state index in [2.05, 4.69) is 29.1 Å². The van der Waals surface area contributed by atoms with E-state index in [1.54, 1.807) is 35.9 Å². The van der Waals surface area contributed by atoms with Gasteiger partial charge in [0.2, 0.25) is 12.7 Å². The standard InChI is InChI=1S/C17H15N3O3S2/c1-9-10(2)25-17-15(9)16(18-7-19-17)24-6-14(21)20-11-3-4-12-13(5-11)23-8-22-12/h3-5,7H,6,8H2,1-2H3,(H,20,21). The maximum atomic E-state index is 12.3. The zero-order valence-corrected chi connectivity index (χ0v) is 15.3. The number of anilines is 1. The summed E-state index contributed by atoms with van der Waals surface area (Å²) in [5, 5.41) is 4.76. The van der Waals surface area contributed by atoms with Crippen molar-refractivity contribution in [2.45, 2.75) is 18.9 Å². The highest BCUT2D eigenvalue weighted by Gasteiger charge is 2.16. The van der Waals surface area contributed by atoms with Crippen LogP contribution in [0, 0.1) is 13.8 Å². The van der Waals surface area contributed by atoms with Crippen molar-refractivity contribution in [3.8, 4) is 11.5 Å². The summed E-state index contributed by atoms with van der Waals surface area (Å²) in [6.07, 6.45) is 1.55. The Balaban J connectivity index is 1.46. The fraction of sp³-hybridized carbons (Fsp3) is 0.235. The van der Waals surface area contributed by atoms with Crippen LogP contribution < -0.4 is 14.8 Å². The van der Waals surface area contributed by atoms with Gasteiger partial charge in [-0.25, -0.2) is 9.97 Å². The summed E-state index contributed by atoms with van der Waals surface area (Å²) in [5.74, 6) is 1.51. The van der Waals surface area contributed by atoms with Crippen molar-refractivity contribution >= 4 is 44.9 Å². The number of ether oxygens (including phenoxy) is 2.